The lowest BCUT2D eigenvalue weighted by atomic mass is 9.83. The molecule has 0 saturated heterocycles. The van der Waals surface area contributed by atoms with Crippen molar-refractivity contribution in [1.29, 1.82) is 0 Å². The molecule has 0 heterocycles. The molecular weight excluding hydrogens is 268 g/mol. The monoisotopic (exact) mass is 296 g/mol. The minimum absolute atomic E-state index is 0.163. The summed E-state index contributed by atoms with van der Waals surface area (Å²) >= 11 is 0. The van der Waals surface area contributed by atoms with Crippen LogP contribution in [0.15, 0.2) is 42.5 Å². The highest BCUT2D eigenvalue weighted by Crippen LogP contribution is 2.27. The summed E-state index contributed by atoms with van der Waals surface area (Å²) in [5.41, 5.74) is 6.59. The van der Waals surface area contributed by atoms with Crippen molar-refractivity contribution in [1.82, 2.24) is 0 Å². The van der Waals surface area contributed by atoms with Crippen molar-refractivity contribution in [3.63, 3.8) is 0 Å². The van der Waals surface area contributed by atoms with E-state index in [0.29, 0.717) is 6.42 Å². The van der Waals surface area contributed by atoms with Crippen molar-refractivity contribution in [2.45, 2.75) is 59.0 Å². The zero-order valence-corrected chi connectivity index (χ0v) is 14.5. The van der Waals surface area contributed by atoms with Crippen LogP contribution in [0.25, 0.3) is 0 Å². The third kappa shape index (κ3) is 4.20. The first-order valence-corrected chi connectivity index (χ1v) is 8.10. The molecule has 2 aromatic rings. The number of hydrogen-bond acceptors (Lipinski definition) is 1. The molecule has 0 bridgehead atoms. The summed E-state index contributed by atoms with van der Waals surface area (Å²) in [5, 5.41) is 10.4. The van der Waals surface area contributed by atoms with E-state index in [1.165, 1.54) is 27.8 Å². The minimum atomic E-state index is -0.333. The van der Waals surface area contributed by atoms with Crippen LogP contribution in [0.5, 0.6) is 0 Å². The summed E-state index contributed by atoms with van der Waals surface area (Å²) < 4.78 is 0. The van der Waals surface area contributed by atoms with Crippen molar-refractivity contribution in [2.75, 3.05) is 0 Å². The van der Waals surface area contributed by atoms with Gasteiger partial charge in [0.2, 0.25) is 0 Å². The fourth-order valence-corrected chi connectivity index (χ4v) is 2.94. The lowest BCUT2D eigenvalue weighted by Gasteiger charge is -2.23. The molecule has 1 nitrogen and oxygen atoms in total. The molecule has 118 valence electrons. The van der Waals surface area contributed by atoms with Gasteiger partial charge in [-0.15, -0.1) is 0 Å². The first-order chi connectivity index (χ1) is 10.3. The van der Waals surface area contributed by atoms with Gasteiger partial charge in [-0.05, 0) is 59.9 Å². The molecule has 22 heavy (non-hydrogen) atoms. The van der Waals surface area contributed by atoms with E-state index >= 15 is 0 Å². The van der Waals surface area contributed by atoms with Crippen LogP contribution in [0, 0.1) is 13.8 Å². The number of aliphatic hydroxyl groups is 1. The van der Waals surface area contributed by atoms with E-state index in [1.54, 1.807) is 0 Å². The second-order valence-electron chi connectivity index (χ2n) is 7.39. The Labute approximate surface area is 135 Å². The molecule has 0 spiro atoms. The average Bonchev–Trinajstić information content (AvgIpc) is 2.42. The van der Waals surface area contributed by atoms with Crippen molar-refractivity contribution in [2.24, 2.45) is 0 Å². The van der Waals surface area contributed by atoms with Crippen LogP contribution in [0.2, 0.25) is 0 Å². The van der Waals surface area contributed by atoms with Crippen LogP contribution in [0.4, 0.5) is 0 Å². The lowest BCUT2D eigenvalue weighted by Crippen LogP contribution is -2.17. The number of aliphatic hydroxyl groups excluding tert-OH is 1. The van der Waals surface area contributed by atoms with Gasteiger partial charge in [0.1, 0.15) is 0 Å². The maximum Gasteiger partial charge on any atom is 0.0621 e. The normalized spacial score (nSPS) is 13.2. The topological polar surface area (TPSA) is 20.2 Å². The van der Waals surface area contributed by atoms with E-state index in [-0.39, 0.29) is 11.5 Å². The van der Waals surface area contributed by atoms with Gasteiger partial charge in [0.25, 0.3) is 0 Å². The van der Waals surface area contributed by atoms with E-state index in [4.69, 9.17) is 0 Å². The molecule has 0 saturated carbocycles. The van der Waals surface area contributed by atoms with E-state index in [9.17, 15) is 5.11 Å². The van der Waals surface area contributed by atoms with Gasteiger partial charge in [-0.2, -0.15) is 0 Å². The van der Waals surface area contributed by atoms with Crippen molar-refractivity contribution in [3.05, 3.63) is 70.3 Å². The summed E-state index contributed by atoms with van der Waals surface area (Å²) in [7, 11) is 0. The summed E-state index contributed by atoms with van der Waals surface area (Å²) in [6.07, 6.45) is 1.10. The van der Waals surface area contributed by atoms with Gasteiger partial charge in [0.05, 0.1) is 6.10 Å². The van der Waals surface area contributed by atoms with E-state index in [0.717, 1.165) is 6.42 Å². The van der Waals surface area contributed by atoms with Crippen molar-refractivity contribution in [3.8, 4) is 0 Å². The number of hydrogen-bond donors (Lipinski definition) is 1. The zero-order valence-electron chi connectivity index (χ0n) is 14.5. The molecule has 2 rings (SSSR count). The van der Waals surface area contributed by atoms with Crippen LogP contribution in [0.3, 0.4) is 0 Å². The molecule has 0 aliphatic heterocycles. The number of aryl methyl sites for hydroxylation is 2. The zero-order chi connectivity index (χ0) is 16.3. The molecule has 2 aromatic carbocycles. The van der Waals surface area contributed by atoms with Gasteiger partial charge in [0.15, 0.2) is 0 Å². The van der Waals surface area contributed by atoms with Gasteiger partial charge in [-0.1, -0.05) is 63.2 Å². The molecular formula is C21H28O. The van der Waals surface area contributed by atoms with E-state index < -0.39 is 0 Å². The van der Waals surface area contributed by atoms with Gasteiger partial charge >= 0.3 is 0 Å². The maximum absolute atomic E-state index is 10.4. The highest BCUT2D eigenvalue weighted by molar-refractivity contribution is 5.41. The predicted octanol–water partition coefficient (Wildman–Crippen LogP) is 4.75. The van der Waals surface area contributed by atoms with Crippen LogP contribution in [-0.2, 0) is 18.3 Å². The molecule has 0 aliphatic carbocycles. The Kier molecular flexibility index (Phi) is 5.08. The molecule has 0 aromatic heterocycles. The molecule has 0 amide bonds. The fourth-order valence-electron chi connectivity index (χ4n) is 2.94. The van der Waals surface area contributed by atoms with Gasteiger partial charge < -0.3 is 5.11 Å². The second-order valence-corrected chi connectivity index (χ2v) is 7.39. The van der Waals surface area contributed by atoms with E-state index in [2.05, 4.69) is 58.9 Å². The lowest BCUT2D eigenvalue weighted by molar-refractivity contribution is 0.175. The standard InChI is InChI=1S/C21H28O/c1-15-11-18(21(3,4)5)12-16(2)20(15)14-19(22)13-17-9-7-6-8-10-17/h6-12,19,22H,13-14H2,1-5H3. The van der Waals surface area contributed by atoms with Gasteiger partial charge in [-0.3, -0.25) is 0 Å². The Morgan fingerprint density at radius 3 is 1.95 bits per heavy atom. The first kappa shape index (κ1) is 16.8. The third-order valence-electron chi connectivity index (χ3n) is 4.32. The summed E-state index contributed by atoms with van der Waals surface area (Å²) in [6, 6.07) is 14.8. The number of rotatable bonds is 4. The van der Waals surface area contributed by atoms with Crippen molar-refractivity contribution < 1.29 is 5.11 Å². The van der Waals surface area contributed by atoms with E-state index in [1.807, 2.05) is 18.2 Å². The molecule has 0 radical (unpaired) electrons. The largest absolute Gasteiger partial charge is 0.392 e. The summed E-state index contributed by atoms with van der Waals surface area (Å²) in [6.45, 7) is 11.0. The van der Waals surface area contributed by atoms with Gasteiger partial charge in [-0.25, -0.2) is 0 Å². The second kappa shape index (κ2) is 6.66. The summed E-state index contributed by atoms with van der Waals surface area (Å²) in [5.74, 6) is 0. The Hall–Kier alpha value is -1.60. The molecule has 1 atom stereocenters. The third-order valence-corrected chi connectivity index (χ3v) is 4.32. The predicted molar refractivity (Wildman–Crippen MR) is 94.5 cm³/mol. The highest BCUT2D eigenvalue weighted by Gasteiger charge is 2.17. The first-order valence-electron chi connectivity index (χ1n) is 8.10. The minimum Gasteiger partial charge on any atom is -0.392 e. The molecule has 0 fully saturated rings. The highest BCUT2D eigenvalue weighted by atomic mass is 16.3. The van der Waals surface area contributed by atoms with Crippen LogP contribution in [-0.4, -0.2) is 11.2 Å². The smallest absolute Gasteiger partial charge is 0.0621 e. The Morgan fingerprint density at radius 1 is 0.909 bits per heavy atom. The quantitative estimate of drug-likeness (QED) is 0.863. The Bertz CT molecular complexity index is 597. The molecule has 0 aliphatic rings. The van der Waals surface area contributed by atoms with Crippen LogP contribution < -0.4 is 0 Å². The molecule has 1 heteroatoms. The number of benzene rings is 2. The fraction of sp³-hybridized carbons (Fsp3) is 0.429. The molecule has 1 N–H and O–H groups in total. The summed E-state index contributed by atoms with van der Waals surface area (Å²) in [4.78, 5) is 0. The average molecular weight is 296 g/mol. The Balaban J connectivity index is 2.16. The SMILES string of the molecule is Cc1cc(C(C)(C)C)cc(C)c1CC(O)Cc1ccccc1. The van der Waals surface area contributed by atoms with Crippen LogP contribution in [0.1, 0.15) is 48.6 Å². The maximum atomic E-state index is 10.4. The van der Waals surface area contributed by atoms with Gasteiger partial charge in [0, 0.05) is 0 Å². The van der Waals surface area contributed by atoms with Crippen molar-refractivity contribution >= 4 is 0 Å². The van der Waals surface area contributed by atoms with Crippen LogP contribution >= 0.6 is 0 Å². The Morgan fingerprint density at radius 2 is 1.45 bits per heavy atom. The molecule has 1 unspecified atom stereocenters.